The maximum absolute atomic E-state index is 12.7. The summed E-state index contributed by atoms with van der Waals surface area (Å²) in [4.78, 5) is 34.9. The van der Waals surface area contributed by atoms with Crippen LogP contribution in [0.4, 0.5) is 0 Å². The lowest BCUT2D eigenvalue weighted by molar-refractivity contribution is -0.150. The topological polar surface area (TPSA) is 92.7 Å². The van der Waals surface area contributed by atoms with Crippen molar-refractivity contribution >= 4 is 17.8 Å². The molecule has 6 nitrogen and oxygen atoms in total. The molecule has 0 aliphatic heterocycles. The highest BCUT2D eigenvalue weighted by molar-refractivity contribution is 5.80. The molecule has 0 rings (SSSR count). The predicted octanol–water partition coefficient (Wildman–Crippen LogP) is 11.3. The zero-order valence-electron chi connectivity index (χ0n) is 30.1. The fraction of sp³-hybridized carbons (Fsp3) is 0.683. The molecule has 47 heavy (non-hydrogen) atoms. The first-order valence-electron chi connectivity index (χ1n) is 18.9. The number of nitrogens with one attached hydrogen (secondary N) is 1. The number of carboxylic acid groups (broad SMARTS) is 1. The number of aliphatic carboxylic acids is 1. The summed E-state index contributed by atoms with van der Waals surface area (Å²) in [6, 6.07) is 0. The first kappa shape index (κ1) is 44.1. The van der Waals surface area contributed by atoms with E-state index >= 15 is 0 Å². The maximum atomic E-state index is 12.7. The Kier molecular flexibility index (Phi) is 33.7. The van der Waals surface area contributed by atoms with E-state index in [1.54, 1.807) is 0 Å². The summed E-state index contributed by atoms with van der Waals surface area (Å²) in [6.45, 7) is 4.06. The van der Waals surface area contributed by atoms with Crippen molar-refractivity contribution in [1.29, 1.82) is 0 Å². The van der Waals surface area contributed by atoms with Crippen LogP contribution in [0.3, 0.4) is 0 Å². The number of carbonyl (C=O) groups excluding carboxylic acids is 2. The van der Waals surface area contributed by atoms with E-state index in [2.05, 4.69) is 79.9 Å². The van der Waals surface area contributed by atoms with E-state index in [-0.39, 0.29) is 24.5 Å². The van der Waals surface area contributed by atoms with E-state index in [0.29, 0.717) is 12.8 Å². The van der Waals surface area contributed by atoms with Gasteiger partial charge in [-0.1, -0.05) is 126 Å². The molecule has 1 unspecified atom stereocenters. The highest BCUT2D eigenvalue weighted by atomic mass is 16.5. The van der Waals surface area contributed by atoms with Crippen LogP contribution in [0.15, 0.2) is 60.8 Å². The molecule has 0 aromatic rings. The number of amides is 1. The summed E-state index contributed by atoms with van der Waals surface area (Å²) >= 11 is 0. The van der Waals surface area contributed by atoms with Crippen molar-refractivity contribution in [2.24, 2.45) is 0 Å². The molecule has 0 aliphatic rings. The summed E-state index contributed by atoms with van der Waals surface area (Å²) in [7, 11) is 0. The summed E-state index contributed by atoms with van der Waals surface area (Å²) in [5.74, 6) is -1.30. The molecule has 2 N–H and O–H groups in total. The van der Waals surface area contributed by atoms with Crippen molar-refractivity contribution in [3.8, 4) is 0 Å². The standard InChI is InChI=1S/C41H69NO5/c1-3-5-7-9-11-13-15-17-18-20-22-25-29-33-38(34-30-26-24-27-31-35-39(43)42-37-40(44)45)47-41(46)36-32-28-23-21-19-16-14-12-10-8-6-4-2/h5,7,11-14,17-18,22,25,38H,3-4,6,8-10,15-16,19-21,23-24,26-37H2,1-2H3,(H,42,43)(H,44,45)/b7-5-,13-11-,14-12-,18-17-,25-22-. The average molecular weight is 656 g/mol. The number of ether oxygens (including phenoxy) is 1. The second kappa shape index (κ2) is 36.0. The first-order valence-corrected chi connectivity index (χ1v) is 18.9. The second-order valence-corrected chi connectivity index (χ2v) is 12.4. The molecule has 0 heterocycles. The Morgan fingerprint density at radius 2 is 1.09 bits per heavy atom. The van der Waals surface area contributed by atoms with Crippen LogP contribution in [0, 0.1) is 0 Å². The molecule has 0 fully saturated rings. The van der Waals surface area contributed by atoms with Crippen LogP contribution >= 0.6 is 0 Å². The number of hydrogen-bond donors (Lipinski definition) is 2. The van der Waals surface area contributed by atoms with Gasteiger partial charge < -0.3 is 15.2 Å². The smallest absolute Gasteiger partial charge is 0.322 e. The van der Waals surface area contributed by atoms with E-state index in [0.717, 1.165) is 96.3 Å². The Morgan fingerprint density at radius 3 is 1.70 bits per heavy atom. The molecule has 1 atom stereocenters. The van der Waals surface area contributed by atoms with Gasteiger partial charge in [0.25, 0.3) is 0 Å². The lowest BCUT2D eigenvalue weighted by Gasteiger charge is -2.17. The van der Waals surface area contributed by atoms with E-state index in [1.165, 1.54) is 44.9 Å². The summed E-state index contributed by atoms with van der Waals surface area (Å²) in [6.07, 6.45) is 46.2. The van der Waals surface area contributed by atoms with Crippen molar-refractivity contribution in [1.82, 2.24) is 5.32 Å². The Labute approximate surface area is 288 Å². The number of unbranched alkanes of at least 4 members (excludes halogenated alkanes) is 12. The molecule has 0 spiro atoms. The van der Waals surface area contributed by atoms with E-state index in [9.17, 15) is 14.4 Å². The van der Waals surface area contributed by atoms with E-state index in [1.807, 2.05) is 0 Å². The molecule has 0 aromatic heterocycles. The van der Waals surface area contributed by atoms with Gasteiger partial charge in [-0.3, -0.25) is 14.4 Å². The summed E-state index contributed by atoms with van der Waals surface area (Å²) < 4.78 is 5.95. The number of rotatable bonds is 33. The van der Waals surface area contributed by atoms with Crippen LogP contribution in [0.25, 0.3) is 0 Å². The van der Waals surface area contributed by atoms with Gasteiger partial charge in [0.15, 0.2) is 0 Å². The fourth-order valence-electron chi connectivity index (χ4n) is 5.15. The van der Waals surface area contributed by atoms with Crippen LogP contribution < -0.4 is 5.32 Å². The van der Waals surface area contributed by atoms with Crippen molar-refractivity contribution in [3.63, 3.8) is 0 Å². The number of esters is 1. The molecule has 0 bridgehead atoms. The van der Waals surface area contributed by atoms with Crippen LogP contribution in [0.1, 0.15) is 168 Å². The molecule has 0 aromatic carbocycles. The first-order chi connectivity index (χ1) is 23.0. The highest BCUT2D eigenvalue weighted by Crippen LogP contribution is 2.17. The minimum absolute atomic E-state index is 0.0551. The van der Waals surface area contributed by atoms with Crippen LogP contribution in [-0.4, -0.2) is 35.6 Å². The van der Waals surface area contributed by atoms with Crippen LogP contribution in [0.5, 0.6) is 0 Å². The Morgan fingerprint density at radius 1 is 0.574 bits per heavy atom. The minimum Gasteiger partial charge on any atom is -0.480 e. The Bertz CT molecular complexity index is 902. The van der Waals surface area contributed by atoms with Gasteiger partial charge in [0.05, 0.1) is 0 Å². The third-order valence-corrected chi connectivity index (χ3v) is 7.93. The zero-order valence-corrected chi connectivity index (χ0v) is 30.1. The Balaban J connectivity index is 4.36. The second-order valence-electron chi connectivity index (χ2n) is 12.4. The maximum Gasteiger partial charge on any atom is 0.322 e. The van der Waals surface area contributed by atoms with Gasteiger partial charge in [-0.05, 0) is 89.9 Å². The van der Waals surface area contributed by atoms with Gasteiger partial charge in [-0.25, -0.2) is 0 Å². The number of hydrogen-bond acceptors (Lipinski definition) is 4. The normalized spacial score (nSPS) is 12.7. The molecular formula is C41H69NO5. The largest absolute Gasteiger partial charge is 0.480 e. The molecule has 0 saturated heterocycles. The average Bonchev–Trinajstić information content (AvgIpc) is 3.05. The molecule has 1 amide bonds. The zero-order chi connectivity index (χ0) is 34.5. The van der Waals surface area contributed by atoms with Gasteiger partial charge >= 0.3 is 11.9 Å². The molecule has 6 heteroatoms. The van der Waals surface area contributed by atoms with Gasteiger partial charge in [0.2, 0.25) is 5.91 Å². The number of carboxylic acids is 1. The van der Waals surface area contributed by atoms with Gasteiger partial charge in [0.1, 0.15) is 12.6 Å². The van der Waals surface area contributed by atoms with Gasteiger partial charge in [0, 0.05) is 12.8 Å². The van der Waals surface area contributed by atoms with Crippen molar-refractivity contribution < 1.29 is 24.2 Å². The molecule has 268 valence electrons. The van der Waals surface area contributed by atoms with Gasteiger partial charge in [-0.15, -0.1) is 0 Å². The highest BCUT2D eigenvalue weighted by Gasteiger charge is 2.14. The molecule has 0 aliphatic carbocycles. The van der Waals surface area contributed by atoms with E-state index in [4.69, 9.17) is 9.84 Å². The summed E-state index contributed by atoms with van der Waals surface area (Å²) in [5.41, 5.74) is 0. The van der Waals surface area contributed by atoms with E-state index < -0.39 is 5.97 Å². The summed E-state index contributed by atoms with van der Waals surface area (Å²) in [5, 5.41) is 11.1. The molecule has 0 radical (unpaired) electrons. The van der Waals surface area contributed by atoms with Crippen molar-refractivity contribution in [3.05, 3.63) is 60.8 Å². The fourth-order valence-corrected chi connectivity index (χ4v) is 5.15. The third-order valence-electron chi connectivity index (χ3n) is 7.93. The van der Waals surface area contributed by atoms with Crippen LogP contribution in [-0.2, 0) is 19.1 Å². The number of allylic oxidation sites excluding steroid dienone is 10. The SMILES string of the molecule is CC/C=C\C/C=C\C/C=C\C/C=C\CCC(CCCCCCCC(=O)NCC(=O)O)OC(=O)CCCCCCC/C=C\CCCCC. The van der Waals surface area contributed by atoms with Crippen LogP contribution in [0.2, 0.25) is 0 Å². The Hall–Kier alpha value is -2.89. The molecule has 0 saturated carbocycles. The predicted molar refractivity (Wildman–Crippen MR) is 198 cm³/mol. The van der Waals surface area contributed by atoms with Gasteiger partial charge in [-0.2, -0.15) is 0 Å². The monoisotopic (exact) mass is 656 g/mol. The third kappa shape index (κ3) is 35.8. The molecular weight excluding hydrogens is 586 g/mol. The van der Waals surface area contributed by atoms with Crippen molar-refractivity contribution in [2.45, 2.75) is 174 Å². The van der Waals surface area contributed by atoms with Crippen molar-refractivity contribution in [2.75, 3.05) is 6.54 Å². The minimum atomic E-state index is -1.03. The lowest BCUT2D eigenvalue weighted by Crippen LogP contribution is -2.28. The number of carbonyl (C=O) groups is 3. The quantitative estimate of drug-likeness (QED) is 0.0417. The lowest BCUT2D eigenvalue weighted by atomic mass is 10.0.